The van der Waals surface area contributed by atoms with E-state index in [4.69, 9.17) is 25.2 Å². The summed E-state index contributed by atoms with van der Waals surface area (Å²) in [6.07, 6.45) is 0.969. The van der Waals surface area contributed by atoms with Gasteiger partial charge in [0.1, 0.15) is 6.10 Å². The molecule has 4 unspecified atom stereocenters. The average Bonchev–Trinajstić information content (AvgIpc) is 2.94. The monoisotopic (exact) mass is 467 g/mol. The molecule has 15 nitrogen and oxygen atoms in total. The van der Waals surface area contributed by atoms with Crippen LogP contribution in [0.2, 0.25) is 0 Å². The number of halogens is 1. The van der Waals surface area contributed by atoms with Crippen molar-refractivity contribution in [1.82, 2.24) is 9.55 Å². The molecular weight excluding hydrogens is 454 g/mol. The van der Waals surface area contributed by atoms with Crippen molar-refractivity contribution in [3.8, 4) is 0 Å². The van der Waals surface area contributed by atoms with Crippen molar-refractivity contribution in [2.24, 2.45) is 0 Å². The van der Waals surface area contributed by atoms with E-state index in [-0.39, 0.29) is 0 Å². The summed E-state index contributed by atoms with van der Waals surface area (Å²) in [6.45, 7) is -0.768. The Morgan fingerprint density at radius 3 is 2.43 bits per heavy atom. The molecule has 0 amide bonds. The molecule has 1 aliphatic rings. The van der Waals surface area contributed by atoms with Gasteiger partial charge in [-0.15, -0.1) is 0 Å². The van der Waals surface area contributed by atoms with Crippen LogP contribution in [0, 0.1) is 5.82 Å². The van der Waals surface area contributed by atoms with E-state index in [1.165, 1.54) is 12.2 Å². The molecule has 0 saturated carbocycles. The fourth-order valence-corrected chi connectivity index (χ4v) is 4.88. The number of hydrogen-bond donors (Lipinski definition) is 5. The van der Waals surface area contributed by atoms with Gasteiger partial charge in [0.25, 0.3) is 0 Å². The first-order valence-electron chi connectivity index (χ1n) is 6.84. The van der Waals surface area contributed by atoms with E-state index >= 15 is 0 Å². The van der Waals surface area contributed by atoms with Crippen LogP contribution in [0.4, 0.5) is 10.2 Å². The summed E-state index contributed by atoms with van der Waals surface area (Å²) in [6, 6.07) is 0. The molecule has 6 N–H and O–H groups in total. The number of phosphoric acid groups is 3. The zero-order chi connectivity index (χ0) is 21.3. The molecule has 2 rings (SSSR count). The maximum atomic E-state index is 13.4. The number of nitrogen functional groups attached to an aromatic ring is 1. The third-order valence-corrected chi connectivity index (χ3v) is 6.63. The number of aromatic nitrogens is 2. The van der Waals surface area contributed by atoms with Gasteiger partial charge >= 0.3 is 29.2 Å². The van der Waals surface area contributed by atoms with Crippen molar-refractivity contribution < 1.29 is 55.5 Å². The molecule has 1 aliphatic heterocycles. The minimum absolute atomic E-state index is 0.618. The predicted molar refractivity (Wildman–Crippen MR) is 85.7 cm³/mol. The molecule has 0 saturated heterocycles. The van der Waals surface area contributed by atoms with Crippen LogP contribution >= 0.6 is 23.5 Å². The molecule has 0 radical (unpaired) electrons. The van der Waals surface area contributed by atoms with Crippen molar-refractivity contribution in [2.45, 2.75) is 12.3 Å². The minimum atomic E-state index is -5.64. The Kier molecular flexibility index (Phi) is 6.76. The summed E-state index contributed by atoms with van der Waals surface area (Å²) < 4.78 is 64.2. The summed E-state index contributed by atoms with van der Waals surface area (Å²) >= 11 is 0. The lowest BCUT2D eigenvalue weighted by atomic mass is 10.4. The molecular formula is C9H13FN3O12P3. The van der Waals surface area contributed by atoms with Gasteiger partial charge in [0, 0.05) is 0 Å². The second-order valence-electron chi connectivity index (χ2n) is 5.00. The zero-order valence-electron chi connectivity index (χ0n) is 13.3. The first-order valence-corrected chi connectivity index (χ1v) is 11.4. The van der Waals surface area contributed by atoms with Crippen molar-refractivity contribution in [1.29, 1.82) is 0 Å². The van der Waals surface area contributed by atoms with Crippen molar-refractivity contribution in [3.63, 3.8) is 0 Å². The van der Waals surface area contributed by atoms with E-state index in [0.29, 0.717) is 0 Å². The highest BCUT2D eigenvalue weighted by molar-refractivity contribution is 7.66. The van der Waals surface area contributed by atoms with Crippen molar-refractivity contribution in [2.75, 3.05) is 12.3 Å². The zero-order valence-corrected chi connectivity index (χ0v) is 16.0. The molecule has 0 fully saturated rings. The van der Waals surface area contributed by atoms with E-state index < -0.39 is 59.7 Å². The van der Waals surface area contributed by atoms with Gasteiger partial charge in [-0.2, -0.15) is 13.6 Å². The SMILES string of the molecule is Nc1nc(=O)n(C2C=CC(COP(=O)(O)OP(=O)(O)OP(=O)(O)O)O2)cc1F. The van der Waals surface area contributed by atoms with E-state index in [1.807, 2.05) is 0 Å². The van der Waals surface area contributed by atoms with Crippen LogP contribution in [0.5, 0.6) is 0 Å². The Hall–Kier alpha value is -1.28. The quantitative estimate of drug-likeness (QED) is 0.245. The summed E-state index contributed by atoms with van der Waals surface area (Å²) in [5.41, 5.74) is 4.20. The lowest BCUT2D eigenvalue weighted by molar-refractivity contribution is -0.0107. The summed E-state index contributed by atoms with van der Waals surface area (Å²) in [5.74, 6) is -1.61. The number of nitrogens with zero attached hydrogens (tertiary/aromatic N) is 2. The minimum Gasteiger partial charge on any atom is -0.381 e. The van der Waals surface area contributed by atoms with Gasteiger partial charge in [0.05, 0.1) is 12.8 Å². The Balaban J connectivity index is 1.96. The first kappa shape index (κ1) is 23.0. The Morgan fingerprint density at radius 2 is 1.82 bits per heavy atom. The average molecular weight is 467 g/mol. The van der Waals surface area contributed by atoms with Crippen LogP contribution in [0.15, 0.2) is 23.1 Å². The Morgan fingerprint density at radius 1 is 1.18 bits per heavy atom. The molecule has 19 heteroatoms. The van der Waals surface area contributed by atoms with Crippen molar-refractivity contribution in [3.05, 3.63) is 34.7 Å². The Labute approximate surface area is 154 Å². The van der Waals surface area contributed by atoms with Crippen molar-refractivity contribution >= 4 is 29.3 Å². The molecule has 28 heavy (non-hydrogen) atoms. The number of phosphoric ester groups is 1. The smallest absolute Gasteiger partial charge is 0.381 e. The lowest BCUT2D eigenvalue weighted by Crippen LogP contribution is -2.29. The molecule has 4 atom stereocenters. The van der Waals surface area contributed by atoms with Gasteiger partial charge in [-0.3, -0.25) is 9.09 Å². The molecule has 0 aromatic carbocycles. The fourth-order valence-electron chi connectivity index (χ4n) is 1.85. The normalized spacial score (nSPS) is 24.0. The maximum Gasteiger partial charge on any atom is 0.490 e. The van der Waals surface area contributed by atoms with Crippen LogP contribution in [-0.4, -0.2) is 41.8 Å². The molecule has 2 heterocycles. The van der Waals surface area contributed by atoms with E-state index in [0.717, 1.165) is 10.8 Å². The number of hydrogen-bond acceptors (Lipinski definition) is 10. The highest BCUT2D eigenvalue weighted by atomic mass is 31.3. The van der Waals surface area contributed by atoms with Gasteiger partial charge in [-0.25, -0.2) is 22.9 Å². The molecule has 0 aliphatic carbocycles. The third-order valence-electron chi connectivity index (χ3n) is 2.83. The van der Waals surface area contributed by atoms with E-state index in [1.54, 1.807) is 0 Å². The maximum absolute atomic E-state index is 13.4. The molecule has 0 spiro atoms. The number of ether oxygens (including phenoxy) is 1. The van der Waals surface area contributed by atoms with Crippen LogP contribution in [0.25, 0.3) is 0 Å². The van der Waals surface area contributed by atoms with Gasteiger partial charge in [0.2, 0.25) is 0 Å². The van der Waals surface area contributed by atoms with Gasteiger partial charge in [-0.1, -0.05) is 6.08 Å². The van der Waals surface area contributed by atoms with E-state index in [9.17, 15) is 27.8 Å². The molecule has 1 aromatic heterocycles. The molecule has 158 valence electrons. The van der Waals surface area contributed by atoms with E-state index in [2.05, 4.69) is 18.1 Å². The molecule has 0 bridgehead atoms. The van der Waals surface area contributed by atoms with Crippen LogP contribution in [0.3, 0.4) is 0 Å². The fraction of sp³-hybridized carbons (Fsp3) is 0.333. The first-order chi connectivity index (χ1) is 12.7. The second kappa shape index (κ2) is 8.22. The van der Waals surface area contributed by atoms with Crippen LogP contribution in [0.1, 0.15) is 6.23 Å². The lowest BCUT2D eigenvalue weighted by Gasteiger charge is -2.19. The van der Waals surface area contributed by atoms with Crippen LogP contribution in [-0.2, 0) is 31.6 Å². The van der Waals surface area contributed by atoms with Gasteiger partial charge in [0.15, 0.2) is 17.9 Å². The Bertz CT molecular complexity index is 975. The topological polar surface area (TPSA) is 230 Å². The number of nitrogens with two attached hydrogens (primary N) is 1. The summed E-state index contributed by atoms with van der Waals surface area (Å²) in [7, 11) is -16.5. The largest absolute Gasteiger partial charge is 0.490 e. The van der Waals surface area contributed by atoms with Gasteiger partial charge < -0.3 is 30.0 Å². The standard InChI is InChI=1S/C9H13FN3O12P3/c10-6-3-13(9(14)12-8(6)11)7-2-1-5(23-7)4-22-27(18,19)25-28(20,21)24-26(15,16)17/h1-3,5,7H,4H2,(H,18,19)(H,20,21)(H2,11,12,14)(H2,15,16,17). The highest BCUT2D eigenvalue weighted by Crippen LogP contribution is 2.66. The van der Waals surface area contributed by atoms with Gasteiger partial charge in [-0.05, 0) is 6.08 Å². The second-order valence-corrected chi connectivity index (χ2v) is 9.42. The predicted octanol–water partition coefficient (Wildman–Crippen LogP) is -0.239. The highest BCUT2D eigenvalue weighted by Gasteiger charge is 2.41. The summed E-state index contributed by atoms with van der Waals surface area (Å²) in [5, 5.41) is 0. The third kappa shape index (κ3) is 6.65. The van der Waals surface area contributed by atoms with Crippen LogP contribution < -0.4 is 11.4 Å². The number of anilines is 1. The summed E-state index contributed by atoms with van der Waals surface area (Å²) in [4.78, 5) is 50.1. The number of rotatable bonds is 8. The molecule has 1 aromatic rings.